The van der Waals surface area contributed by atoms with E-state index in [1.54, 1.807) is 19.9 Å². The summed E-state index contributed by atoms with van der Waals surface area (Å²) in [6.07, 6.45) is 2.53. The van der Waals surface area contributed by atoms with Crippen LogP contribution in [0.15, 0.2) is 65.3 Å². The first-order valence-corrected chi connectivity index (χ1v) is 25.6. The third-order valence-electron chi connectivity index (χ3n) is 15.9. The van der Waals surface area contributed by atoms with E-state index in [-0.39, 0.29) is 64.5 Å². The van der Waals surface area contributed by atoms with Gasteiger partial charge in [-0.3, -0.25) is 24.5 Å². The molecule has 2 aromatic rings. The van der Waals surface area contributed by atoms with Crippen LogP contribution < -0.4 is 24.3 Å². The zero-order valence-electron chi connectivity index (χ0n) is 44.4. The van der Waals surface area contributed by atoms with Crippen molar-refractivity contribution in [2.45, 2.75) is 154 Å². The molecule has 1 spiro atoms. The maximum atomic E-state index is 16.2. The average Bonchev–Trinajstić information content (AvgIpc) is 3.74. The number of hydrogen-bond donors (Lipinski definition) is 5. The number of benzene rings is 2. The summed E-state index contributed by atoms with van der Waals surface area (Å²) in [5.74, 6) is -7.89. The van der Waals surface area contributed by atoms with Crippen LogP contribution in [0.2, 0.25) is 0 Å². The van der Waals surface area contributed by atoms with Crippen LogP contribution in [0.4, 0.5) is 0 Å². The molecule has 4 bridgehead atoms. The second-order valence-corrected chi connectivity index (χ2v) is 22.1. The number of carbonyl (C=O) groups excluding carboxylic acids is 5. The van der Waals surface area contributed by atoms with Crippen molar-refractivity contribution in [3.63, 3.8) is 0 Å². The molecule has 4 heterocycles. The number of methoxy groups -OCH3 is 1. The number of nitro groups is 1. The summed E-state index contributed by atoms with van der Waals surface area (Å²) < 4.78 is 43.8. The Hall–Kier alpha value is -6.29. The van der Waals surface area contributed by atoms with Crippen molar-refractivity contribution in [2.24, 2.45) is 23.7 Å². The highest BCUT2D eigenvalue weighted by Gasteiger charge is 2.86. The maximum absolute atomic E-state index is 16.2. The Morgan fingerprint density at radius 2 is 1.63 bits per heavy atom. The molecule has 2 aromatic carbocycles. The molecule has 3 aliphatic carbocycles. The van der Waals surface area contributed by atoms with Gasteiger partial charge in [0.25, 0.3) is 5.91 Å². The molecule has 0 aromatic heterocycles. The molecule has 13 atom stereocenters. The number of rotatable bonds is 17. The van der Waals surface area contributed by atoms with Crippen molar-refractivity contribution >= 4 is 35.5 Å². The van der Waals surface area contributed by atoms with Crippen LogP contribution in [0.25, 0.3) is 6.08 Å². The molecule has 0 radical (unpaired) electrons. The Bertz CT molecular complexity index is 2820. The minimum absolute atomic E-state index is 0.0534. The van der Waals surface area contributed by atoms with Gasteiger partial charge in [-0.15, -0.1) is 0 Å². The van der Waals surface area contributed by atoms with Gasteiger partial charge in [-0.25, -0.2) is 9.59 Å². The topological polar surface area (TPSA) is 286 Å². The van der Waals surface area contributed by atoms with Gasteiger partial charge in [0.15, 0.2) is 28.5 Å². The average molecular weight is 1060 g/mol. The van der Waals surface area contributed by atoms with Crippen LogP contribution in [0.5, 0.6) is 23.0 Å². The number of allylic oxidation sites excluding steroid dienone is 4. The minimum Gasteiger partial charge on any atom is -0.482 e. The van der Waals surface area contributed by atoms with Gasteiger partial charge in [-0.05, 0) is 124 Å². The predicted molar refractivity (Wildman–Crippen MR) is 271 cm³/mol. The number of Topliss-reactive ketones (excluding diaryl/α,β-unsaturated/α-hetero) is 2. The van der Waals surface area contributed by atoms with Crippen LogP contribution in [0.1, 0.15) is 120 Å². The van der Waals surface area contributed by atoms with Gasteiger partial charge in [0, 0.05) is 45.8 Å². The largest absolute Gasteiger partial charge is 0.482 e. The lowest BCUT2D eigenvalue weighted by atomic mass is 9.43. The maximum Gasteiger partial charge on any atom is 0.333 e. The van der Waals surface area contributed by atoms with Crippen LogP contribution in [-0.2, 0) is 35.0 Å². The summed E-state index contributed by atoms with van der Waals surface area (Å²) >= 11 is 0. The van der Waals surface area contributed by atoms with E-state index in [2.05, 4.69) is 11.4 Å². The fraction of sp³-hybridized carbons (Fsp3) is 0.554. The summed E-state index contributed by atoms with van der Waals surface area (Å²) in [5.41, 5.74) is -3.29. The van der Waals surface area contributed by atoms with Crippen LogP contribution in [-0.4, -0.2) is 134 Å². The van der Waals surface area contributed by atoms with Crippen molar-refractivity contribution in [3.05, 3.63) is 97.7 Å². The fourth-order valence-electron chi connectivity index (χ4n) is 12.1. The summed E-state index contributed by atoms with van der Waals surface area (Å²) in [5, 5.41) is 55.6. The van der Waals surface area contributed by atoms with Gasteiger partial charge in [-0.1, -0.05) is 29.4 Å². The van der Waals surface area contributed by atoms with Crippen LogP contribution >= 0.6 is 0 Å². The second-order valence-electron chi connectivity index (χ2n) is 22.1. The van der Waals surface area contributed by atoms with Crippen molar-refractivity contribution < 1.29 is 82.5 Å². The predicted octanol–water partition coefficient (Wildman–Crippen LogP) is 5.11. The number of aliphatic hydroxyl groups is 4. The number of nitrogens with zero attached hydrogens (tertiary/aromatic N) is 1. The Balaban J connectivity index is 1.23. The van der Waals surface area contributed by atoms with E-state index in [1.807, 2.05) is 46.8 Å². The van der Waals surface area contributed by atoms with Crippen LogP contribution in [0.3, 0.4) is 0 Å². The summed E-state index contributed by atoms with van der Waals surface area (Å²) in [7, 11) is 1.22. The van der Waals surface area contributed by atoms with Crippen molar-refractivity contribution in [1.29, 1.82) is 0 Å². The SMILES string of the molecule is COC(=O)C(C)=CCC12OC(C)(C)C3CC(C1=O)C(C[N+](=O)[O-])C1C(=O)c4c(OC(=O)C(C)NC(=O)c5ccc(O[C@@H]6O[C@H](CO)[C@@H](O)[C@H](O)[C@H]6O)cc5)c5c(c(CC=C(C)C)c4OC132)OC(C)(CCC=C(C)C)C=C5. The van der Waals surface area contributed by atoms with E-state index in [9.17, 15) is 44.9 Å². The van der Waals surface area contributed by atoms with Gasteiger partial charge < -0.3 is 58.9 Å². The summed E-state index contributed by atoms with van der Waals surface area (Å²) in [6.45, 7) is 14.7. The van der Waals surface area contributed by atoms with Gasteiger partial charge in [-0.2, -0.15) is 0 Å². The number of carbonyl (C=O) groups is 5. The number of esters is 2. The molecule has 3 saturated carbocycles. The van der Waals surface area contributed by atoms with Gasteiger partial charge in [0.05, 0.1) is 30.8 Å². The highest BCUT2D eigenvalue weighted by atomic mass is 16.7. The molecule has 20 heteroatoms. The minimum atomic E-state index is -1.94. The molecule has 7 aliphatic rings. The molecule has 5 N–H and O–H groups in total. The molecular formula is C56H68N2O18. The Kier molecular flexibility index (Phi) is 15.4. The van der Waals surface area contributed by atoms with E-state index in [1.165, 1.54) is 51.3 Å². The normalized spacial score (nSPS) is 31.8. The fourth-order valence-corrected chi connectivity index (χ4v) is 12.1. The smallest absolute Gasteiger partial charge is 0.333 e. The molecular weight excluding hydrogens is 989 g/mol. The molecule has 4 aliphatic heterocycles. The molecule has 8 unspecified atom stereocenters. The standard InChI is InChI=1S/C56H68N2O18/c1-27(2)12-11-21-54(9)22-20-34-45(74-54)33(18-13-28(3)4)47-39(46(34)73-51(67)30(6)57-49(65)31-14-16-32(17-15-31)71-52-44(63)43(62)41(60)37(26-59)72-52)42(61)40-36(25-58(68)69)35-24-38-53(7,8)76-55(48(35)64,56(38,40)75-47)23-19-29(5)50(66)70-10/h12-17,19-20,22,30,35-38,40-41,43-44,52,59-60,62-63H,11,18,21,23-26H2,1-10H3,(H,57,65)/t30?,35?,36?,37-,38?,40?,41-,43+,44-,52-,54?,55?,56?/m1/s1. The quantitative estimate of drug-likeness (QED) is 0.0344. The van der Waals surface area contributed by atoms with Gasteiger partial charge in [0.2, 0.25) is 12.8 Å². The number of nitrogens with one attached hydrogen (secondary N) is 1. The number of ketones is 2. The molecule has 410 valence electrons. The highest BCUT2D eigenvalue weighted by Crippen LogP contribution is 2.72. The molecule has 9 rings (SSSR count). The number of aliphatic hydroxyl groups excluding tert-OH is 4. The number of fused-ring (bicyclic) bond motifs is 2. The number of hydrogen-bond acceptors (Lipinski definition) is 18. The molecule has 1 amide bonds. The zero-order valence-corrected chi connectivity index (χ0v) is 44.4. The molecule has 20 nitrogen and oxygen atoms in total. The van der Waals surface area contributed by atoms with Crippen LogP contribution in [0, 0.1) is 33.8 Å². The third-order valence-corrected chi connectivity index (χ3v) is 15.9. The third kappa shape index (κ3) is 9.65. The lowest BCUT2D eigenvalue weighted by molar-refractivity contribution is -0.494. The number of amides is 1. The van der Waals surface area contributed by atoms with E-state index < -0.39 is 130 Å². The van der Waals surface area contributed by atoms with Gasteiger partial charge in [0.1, 0.15) is 58.9 Å². The zero-order chi connectivity index (χ0) is 55.6. The lowest BCUT2D eigenvalue weighted by Crippen LogP contribution is -2.79. The van der Waals surface area contributed by atoms with E-state index in [4.69, 9.17) is 33.2 Å². The van der Waals surface area contributed by atoms with Crippen molar-refractivity contribution in [1.82, 2.24) is 5.32 Å². The Labute approximate surface area is 440 Å². The van der Waals surface area contributed by atoms with E-state index in [0.717, 1.165) is 11.1 Å². The summed E-state index contributed by atoms with van der Waals surface area (Å²) in [4.78, 5) is 84.7. The van der Waals surface area contributed by atoms with Crippen molar-refractivity contribution in [3.8, 4) is 23.0 Å². The highest BCUT2D eigenvalue weighted by molar-refractivity contribution is 6.11. The summed E-state index contributed by atoms with van der Waals surface area (Å²) in [6, 6.07) is 4.06. The van der Waals surface area contributed by atoms with E-state index in [0.29, 0.717) is 18.4 Å². The number of ether oxygens (including phenoxy) is 7. The Morgan fingerprint density at radius 3 is 2.26 bits per heavy atom. The van der Waals surface area contributed by atoms with Gasteiger partial charge >= 0.3 is 11.9 Å². The monoisotopic (exact) mass is 1060 g/mol. The van der Waals surface area contributed by atoms with Crippen molar-refractivity contribution in [2.75, 3.05) is 20.3 Å². The molecule has 5 fully saturated rings. The molecule has 76 heavy (non-hydrogen) atoms. The Morgan fingerprint density at radius 1 is 0.947 bits per heavy atom. The van der Waals surface area contributed by atoms with E-state index >= 15 is 9.59 Å². The lowest BCUT2D eigenvalue weighted by Gasteiger charge is -2.62. The molecule has 2 saturated heterocycles. The first-order chi connectivity index (χ1) is 35.7. The second kappa shape index (κ2) is 20.9. The first-order valence-electron chi connectivity index (χ1n) is 25.6. The first kappa shape index (κ1) is 55.9.